The van der Waals surface area contributed by atoms with Crippen molar-refractivity contribution in [2.24, 2.45) is 0 Å². The Bertz CT molecular complexity index is 671. The van der Waals surface area contributed by atoms with E-state index in [0.29, 0.717) is 5.75 Å². The summed E-state index contributed by atoms with van der Waals surface area (Å²) in [6.07, 6.45) is 0.814. The summed E-state index contributed by atoms with van der Waals surface area (Å²) >= 11 is 3.45. The van der Waals surface area contributed by atoms with Gasteiger partial charge in [0.15, 0.2) is 6.61 Å². The third-order valence-corrected chi connectivity index (χ3v) is 3.67. The summed E-state index contributed by atoms with van der Waals surface area (Å²) in [7, 11) is 0. The molecular weight excluding hydrogens is 349 g/mol. The van der Waals surface area contributed by atoms with Gasteiger partial charge in [0.25, 0.3) is 5.91 Å². The molecule has 0 aromatic heterocycles. The Balaban J connectivity index is 2.01. The molecule has 5 heteroatoms. The van der Waals surface area contributed by atoms with Crippen molar-refractivity contribution in [2.45, 2.75) is 20.3 Å². The number of hydrogen-bond acceptors (Lipinski definition) is 2. The highest BCUT2D eigenvalue weighted by Crippen LogP contribution is 2.26. The molecule has 0 heterocycles. The summed E-state index contributed by atoms with van der Waals surface area (Å²) in [5.41, 5.74) is 2.86. The molecule has 116 valence electrons. The van der Waals surface area contributed by atoms with Gasteiger partial charge < -0.3 is 10.1 Å². The van der Waals surface area contributed by atoms with E-state index < -0.39 is 0 Å². The van der Waals surface area contributed by atoms with E-state index in [0.717, 1.165) is 27.7 Å². The average Bonchev–Trinajstić information content (AvgIpc) is 2.49. The summed E-state index contributed by atoms with van der Waals surface area (Å²) in [6, 6.07) is 9.51. The summed E-state index contributed by atoms with van der Waals surface area (Å²) < 4.78 is 19.1. The fraction of sp³-hybridized carbons (Fsp3) is 0.235. The van der Waals surface area contributed by atoms with Crippen molar-refractivity contribution in [2.75, 3.05) is 11.9 Å². The number of nitrogens with one attached hydrogen (secondary N) is 1. The lowest BCUT2D eigenvalue weighted by molar-refractivity contribution is -0.118. The molecule has 0 fully saturated rings. The Morgan fingerprint density at radius 3 is 2.59 bits per heavy atom. The van der Waals surface area contributed by atoms with Crippen molar-refractivity contribution in [1.82, 2.24) is 0 Å². The molecule has 1 N–H and O–H groups in total. The van der Waals surface area contributed by atoms with Crippen LogP contribution in [0.25, 0.3) is 0 Å². The maximum Gasteiger partial charge on any atom is 0.262 e. The van der Waals surface area contributed by atoms with Gasteiger partial charge in [0.05, 0.1) is 0 Å². The van der Waals surface area contributed by atoms with Gasteiger partial charge in [-0.05, 0) is 60.9 Å². The average molecular weight is 366 g/mol. The van der Waals surface area contributed by atoms with Gasteiger partial charge in [-0.15, -0.1) is 0 Å². The Hall–Kier alpha value is -1.88. The highest BCUT2D eigenvalue weighted by Gasteiger charge is 2.10. The third-order valence-electron chi connectivity index (χ3n) is 3.21. The molecule has 0 saturated carbocycles. The monoisotopic (exact) mass is 365 g/mol. The molecule has 0 aliphatic rings. The van der Waals surface area contributed by atoms with Crippen molar-refractivity contribution in [3.63, 3.8) is 0 Å². The van der Waals surface area contributed by atoms with Gasteiger partial charge in [0.2, 0.25) is 0 Å². The molecule has 0 aliphatic carbocycles. The minimum atomic E-state index is -0.338. The quantitative estimate of drug-likeness (QED) is 0.848. The molecule has 0 aliphatic heterocycles. The van der Waals surface area contributed by atoms with Gasteiger partial charge in [-0.1, -0.05) is 22.9 Å². The first-order chi connectivity index (χ1) is 10.5. The van der Waals surface area contributed by atoms with E-state index >= 15 is 0 Å². The largest absolute Gasteiger partial charge is 0.484 e. The van der Waals surface area contributed by atoms with Crippen LogP contribution in [0.2, 0.25) is 0 Å². The summed E-state index contributed by atoms with van der Waals surface area (Å²) in [5, 5.41) is 2.88. The first-order valence-corrected chi connectivity index (χ1v) is 7.76. The van der Waals surface area contributed by atoms with Crippen LogP contribution in [0.4, 0.5) is 10.1 Å². The van der Waals surface area contributed by atoms with E-state index in [-0.39, 0.29) is 18.3 Å². The molecule has 3 nitrogen and oxygen atoms in total. The van der Waals surface area contributed by atoms with Crippen LogP contribution in [0, 0.1) is 12.7 Å². The topological polar surface area (TPSA) is 38.3 Å². The summed E-state index contributed by atoms with van der Waals surface area (Å²) in [6.45, 7) is 3.86. The summed E-state index contributed by atoms with van der Waals surface area (Å²) in [4.78, 5) is 12.0. The van der Waals surface area contributed by atoms with Crippen molar-refractivity contribution in [3.05, 3.63) is 57.8 Å². The Morgan fingerprint density at radius 1 is 1.27 bits per heavy atom. The molecule has 0 unspecified atom stereocenters. The number of benzene rings is 2. The zero-order chi connectivity index (χ0) is 16.1. The second-order valence-corrected chi connectivity index (χ2v) is 5.82. The zero-order valence-corrected chi connectivity index (χ0v) is 14.0. The van der Waals surface area contributed by atoms with Crippen LogP contribution in [0.15, 0.2) is 40.9 Å². The molecule has 2 aromatic carbocycles. The smallest absolute Gasteiger partial charge is 0.262 e. The van der Waals surface area contributed by atoms with Crippen LogP contribution in [-0.2, 0) is 11.2 Å². The standard InChI is InChI=1S/C17H17BrFNO2/c1-3-12-9-13(18)8-11(2)17(12)20-16(21)10-22-15-6-4-14(19)5-7-15/h4-9H,3,10H2,1-2H3,(H,20,21). The van der Waals surface area contributed by atoms with E-state index in [1.165, 1.54) is 24.3 Å². The molecule has 0 radical (unpaired) electrons. The van der Waals surface area contributed by atoms with Gasteiger partial charge in [0.1, 0.15) is 11.6 Å². The van der Waals surface area contributed by atoms with Crippen LogP contribution in [0.5, 0.6) is 5.75 Å². The van der Waals surface area contributed by atoms with E-state index in [9.17, 15) is 9.18 Å². The van der Waals surface area contributed by atoms with Crippen molar-refractivity contribution in [1.29, 1.82) is 0 Å². The number of ether oxygens (including phenoxy) is 1. The van der Waals surface area contributed by atoms with E-state index in [4.69, 9.17) is 4.74 Å². The first kappa shape index (κ1) is 16.5. The second kappa shape index (κ2) is 7.40. The Kier molecular flexibility index (Phi) is 5.55. The lowest BCUT2D eigenvalue weighted by Crippen LogP contribution is -2.21. The Morgan fingerprint density at radius 2 is 1.95 bits per heavy atom. The fourth-order valence-electron chi connectivity index (χ4n) is 2.13. The molecule has 22 heavy (non-hydrogen) atoms. The second-order valence-electron chi connectivity index (χ2n) is 4.90. The van der Waals surface area contributed by atoms with E-state index in [1.54, 1.807) is 0 Å². The van der Waals surface area contributed by atoms with Gasteiger partial charge in [-0.2, -0.15) is 0 Å². The van der Waals surface area contributed by atoms with E-state index in [1.807, 2.05) is 26.0 Å². The lowest BCUT2D eigenvalue weighted by Gasteiger charge is -2.14. The maximum absolute atomic E-state index is 12.8. The Labute approximate surface area is 137 Å². The van der Waals surface area contributed by atoms with Crippen LogP contribution < -0.4 is 10.1 Å². The molecule has 0 saturated heterocycles. The summed E-state index contributed by atoms with van der Waals surface area (Å²) in [5.74, 6) is -0.126. The van der Waals surface area contributed by atoms with Crippen LogP contribution in [-0.4, -0.2) is 12.5 Å². The number of anilines is 1. The van der Waals surface area contributed by atoms with Crippen molar-refractivity contribution < 1.29 is 13.9 Å². The number of halogens is 2. The highest BCUT2D eigenvalue weighted by atomic mass is 79.9. The predicted octanol–water partition coefficient (Wildman–Crippen LogP) is 4.48. The third kappa shape index (κ3) is 4.31. The molecule has 0 bridgehead atoms. The molecule has 0 atom stereocenters. The highest BCUT2D eigenvalue weighted by molar-refractivity contribution is 9.10. The van der Waals surface area contributed by atoms with Gasteiger partial charge in [0, 0.05) is 10.2 Å². The molecule has 1 amide bonds. The number of aryl methyl sites for hydroxylation is 2. The van der Waals surface area contributed by atoms with Gasteiger partial charge in [-0.3, -0.25) is 4.79 Å². The number of hydrogen-bond donors (Lipinski definition) is 1. The molecule has 0 spiro atoms. The fourth-order valence-corrected chi connectivity index (χ4v) is 2.75. The molecule has 2 rings (SSSR count). The van der Waals surface area contributed by atoms with E-state index in [2.05, 4.69) is 21.2 Å². The van der Waals surface area contributed by atoms with Crippen molar-refractivity contribution in [3.8, 4) is 5.75 Å². The lowest BCUT2D eigenvalue weighted by atomic mass is 10.1. The van der Waals surface area contributed by atoms with Crippen LogP contribution >= 0.6 is 15.9 Å². The number of amides is 1. The van der Waals surface area contributed by atoms with Crippen LogP contribution in [0.3, 0.4) is 0 Å². The minimum absolute atomic E-state index is 0.121. The normalized spacial score (nSPS) is 10.4. The first-order valence-electron chi connectivity index (χ1n) is 6.97. The minimum Gasteiger partial charge on any atom is -0.484 e. The van der Waals surface area contributed by atoms with Gasteiger partial charge >= 0.3 is 0 Å². The van der Waals surface area contributed by atoms with Gasteiger partial charge in [-0.25, -0.2) is 4.39 Å². The number of rotatable bonds is 5. The molecular formula is C17H17BrFNO2. The van der Waals surface area contributed by atoms with Crippen LogP contribution in [0.1, 0.15) is 18.1 Å². The van der Waals surface area contributed by atoms with Crippen molar-refractivity contribution >= 4 is 27.5 Å². The number of carbonyl (C=O) groups excluding carboxylic acids is 1. The maximum atomic E-state index is 12.8. The zero-order valence-electron chi connectivity index (χ0n) is 12.5. The number of carbonyl (C=O) groups is 1. The SMILES string of the molecule is CCc1cc(Br)cc(C)c1NC(=O)COc1ccc(F)cc1. The molecule has 2 aromatic rings. The predicted molar refractivity (Wildman–Crippen MR) is 88.8 cm³/mol.